The highest BCUT2D eigenvalue weighted by Crippen LogP contribution is 2.23. The van der Waals surface area contributed by atoms with Crippen LogP contribution in [0.25, 0.3) is 0 Å². The van der Waals surface area contributed by atoms with Crippen molar-refractivity contribution in [3.8, 4) is 0 Å². The highest BCUT2D eigenvalue weighted by molar-refractivity contribution is 7.98. The Kier molecular flexibility index (Phi) is 5.93. The van der Waals surface area contributed by atoms with E-state index in [1.165, 1.54) is 0 Å². The molecule has 0 bridgehead atoms. The molecule has 2 amide bonds. The van der Waals surface area contributed by atoms with E-state index >= 15 is 0 Å². The van der Waals surface area contributed by atoms with Crippen LogP contribution in [0.15, 0.2) is 35.4 Å². The zero-order valence-electron chi connectivity index (χ0n) is 14.3. The summed E-state index contributed by atoms with van der Waals surface area (Å²) in [5.74, 6) is 0. The SMILES string of the molecule is CSc1cccc(NC(=O)N2CCC(n3cc(CCO)nn3)CC2)c1. The first-order valence-corrected chi connectivity index (χ1v) is 9.63. The molecule has 0 atom stereocenters. The molecular formula is C17H23N5O2S. The number of hydrogen-bond acceptors (Lipinski definition) is 5. The molecule has 0 spiro atoms. The molecule has 7 nitrogen and oxygen atoms in total. The lowest BCUT2D eigenvalue weighted by atomic mass is 10.1. The number of aromatic nitrogens is 3. The number of anilines is 1. The number of likely N-dealkylation sites (tertiary alicyclic amines) is 1. The van der Waals surface area contributed by atoms with Crippen molar-refractivity contribution in [2.75, 3.05) is 31.3 Å². The van der Waals surface area contributed by atoms with Crippen molar-refractivity contribution in [3.05, 3.63) is 36.2 Å². The van der Waals surface area contributed by atoms with Gasteiger partial charge in [-0.2, -0.15) is 0 Å². The van der Waals surface area contributed by atoms with E-state index in [1.54, 1.807) is 11.8 Å². The second-order valence-electron chi connectivity index (χ2n) is 6.04. The smallest absolute Gasteiger partial charge is 0.321 e. The molecule has 1 aromatic carbocycles. The van der Waals surface area contributed by atoms with Crippen LogP contribution >= 0.6 is 11.8 Å². The number of nitrogens with one attached hydrogen (secondary N) is 1. The van der Waals surface area contributed by atoms with Crippen molar-refractivity contribution in [2.24, 2.45) is 0 Å². The summed E-state index contributed by atoms with van der Waals surface area (Å²) in [5.41, 5.74) is 1.63. The van der Waals surface area contributed by atoms with E-state index in [0.717, 1.165) is 29.1 Å². The molecule has 25 heavy (non-hydrogen) atoms. The number of benzene rings is 1. The van der Waals surface area contributed by atoms with Gasteiger partial charge in [0.2, 0.25) is 0 Å². The fourth-order valence-electron chi connectivity index (χ4n) is 2.96. The monoisotopic (exact) mass is 361 g/mol. The lowest BCUT2D eigenvalue weighted by Crippen LogP contribution is -2.41. The molecule has 1 aliphatic rings. The molecule has 2 N–H and O–H groups in total. The van der Waals surface area contributed by atoms with Gasteiger partial charge in [0, 0.05) is 42.9 Å². The zero-order valence-corrected chi connectivity index (χ0v) is 15.1. The summed E-state index contributed by atoms with van der Waals surface area (Å²) in [6.45, 7) is 1.46. The normalized spacial score (nSPS) is 15.4. The number of urea groups is 1. The molecule has 1 saturated heterocycles. The number of piperidine rings is 1. The van der Waals surface area contributed by atoms with Crippen molar-refractivity contribution >= 4 is 23.5 Å². The largest absolute Gasteiger partial charge is 0.396 e. The van der Waals surface area contributed by atoms with E-state index in [9.17, 15) is 4.79 Å². The minimum absolute atomic E-state index is 0.0590. The Morgan fingerprint density at radius 1 is 1.40 bits per heavy atom. The van der Waals surface area contributed by atoms with Gasteiger partial charge in [0.1, 0.15) is 0 Å². The van der Waals surface area contributed by atoms with Crippen molar-refractivity contribution in [1.82, 2.24) is 19.9 Å². The number of amides is 2. The lowest BCUT2D eigenvalue weighted by molar-refractivity contribution is 0.179. The quantitative estimate of drug-likeness (QED) is 0.799. The number of thioether (sulfide) groups is 1. The zero-order chi connectivity index (χ0) is 17.6. The van der Waals surface area contributed by atoms with Crippen molar-refractivity contribution in [1.29, 1.82) is 0 Å². The molecule has 0 radical (unpaired) electrons. The van der Waals surface area contributed by atoms with Crippen molar-refractivity contribution < 1.29 is 9.90 Å². The van der Waals surface area contributed by atoms with Crippen LogP contribution in [0.2, 0.25) is 0 Å². The van der Waals surface area contributed by atoms with Gasteiger partial charge in [-0.1, -0.05) is 11.3 Å². The number of aliphatic hydroxyl groups excluding tert-OH is 1. The predicted octanol–water partition coefficient (Wildman–Crippen LogP) is 2.40. The Morgan fingerprint density at radius 2 is 2.20 bits per heavy atom. The van der Waals surface area contributed by atoms with Crippen LogP contribution in [0.1, 0.15) is 24.6 Å². The third kappa shape index (κ3) is 4.52. The average Bonchev–Trinajstić information content (AvgIpc) is 3.11. The summed E-state index contributed by atoms with van der Waals surface area (Å²) in [4.78, 5) is 15.4. The summed E-state index contributed by atoms with van der Waals surface area (Å²) in [6.07, 6.45) is 6.13. The van der Waals surface area contributed by atoms with Crippen LogP contribution in [0.5, 0.6) is 0 Å². The van der Waals surface area contributed by atoms with Crippen molar-refractivity contribution in [3.63, 3.8) is 0 Å². The maximum atomic E-state index is 12.4. The molecule has 2 heterocycles. The summed E-state index contributed by atoms with van der Waals surface area (Å²) in [7, 11) is 0. The molecule has 1 aromatic heterocycles. The Labute approximate surface area is 151 Å². The van der Waals surface area contributed by atoms with Crippen LogP contribution in [-0.2, 0) is 6.42 Å². The molecule has 8 heteroatoms. The van der Waals surface area contributed by atoms with Crippen LogP contribution in [-0.4, -0.2) is 57.0 Å². The number of hydrogen-bond donors (Lipinski definition) is 2. The average molecular weight is 361 g/mol. The Bertz CT molecular complexity index is 713. The van der Waals surface area contributed by atoms with E-state index in [1.807, 2.05) is 46.3 Å². The van der Waals surface area contributed by atoms with E-state index in [-0.39, 0.29) is 18.7 Å². The van der Waals surface area contributed by atoms with Gasteiger partial charge in [-0.25, -0.2) is 9.48 Å². The number of aliphatic hydroxyl groups is 1. The highest BCUT2D eigenvalue weighted by atomic mass is 32.2. The predicted molar refractivity (Wildman–Crippen MR) is 97.9 cm³/mol. The highest BCUT2D eigenvalue weighted by Gasteiger charge is 2.24. The van der Waals surface area contributed by atoms with Crippen LogP contribution in [0, 0.1) is 0 Å². The third-order valence-corrected chi connectivity index (χ3v) is 5.10. The van der Waals surface area contributed by atoms with Gasteiger partial charge < -0.3 is 15.3 Å². The fourth-order valence-corrected chi connectivity index (χ4v) is 3.42. The molecule has 0 unspecified atom stereocenters. The Balaban J connectivity index is 1.53. The second kappa shape index (κ2) is 8.35. The van der Waals surface area contributed by atoms with E-state index in [2.05, 4.69) is 15.6 Å². The van der Waals surface area contributed by atoms with Gasteiger partial charge >= 0.3 is 6.03 Å². The molecule has 0 saturated carbocycles. The molecule has 1 fully saturated rings. The Morgan fingerprint density at radius 3 is 2.92 bits per heavy atom. The Hall–Kier alpha value is -2.06. The lowest BCUT2D eigenvalue weighted by Gasteiger charge is -2.31. The molecule has 0 aliphatic carbocycles. The van der Waals surface area contributed by atoms with Gasteiger partial charge in [0.25, 0.3) is 0 Å². The number of carbonyl (C=O) groups excluding carboxylic acids is 1. The number of nitrogens with zero attached hydrogens (tertiary/aromatic N) is 4. The summed E-state index contributed by atoms with van der Waals surface area (Å²) < 4.78 is 1.86. The summed E-state index contributed by atoms with van der Waals surface area (Å²) in [6, 6.07) is 8.05. The fraction of sp³-hybridized carbons (Fsp3) is 0.471. The maximum Gasteiger partial charge on any atom is 0.321 e. The summed E-state index contributed by atoms with van der Waals surface area (Å²) >= 11 is 1.65. The van der Waals surface area contributed by atoms with Crippen LogP contribution in [0.3, 0.4) is 0 Å². The van der Waals surface area contributed by atoms with E-state index in [0.29, 0.717) is 19.5 Å². The van der Waals surface area contributed by atoms with Crippen molar-refractivity contribution in [2.45, 2.75) is 30.2 Å². The first kappa shape index (κ1) is 17.8. The van der Waals surface area contributed by atoms with Gasteiger partial charge in [-0.15, -0.1) is 16.9 Å². The van der Waals surface area contributed by atoms with Gasteiger partial charge in [0.05, 0.1) is 11.7 Å². The first-order chi connectivity index (χ1) is 12.2. The van der Waals surface area contributed by atoms with Gasteiger partial charge in [-0.05, 0) is 37.3 Å². The van der Waals surface area contributed by atoms with Crippen LogP contribution < -0.4 is 5.32 Å². The molecule has 2 aromatic rings. The van der Waals surface area contributed by atoms with E-state index < -0.39 is 0 Å². The topological polar surface area (TPSA) is 83.3 Å². The number of carbonyl (C=O) groups is 1. The number of rotatable bonds is 5. The van der Waals surface area contributed by atoms with Gasteiger partial charge in [0.15, 0.2) is 0 Å². The second-order valence-corrected chi connectivity index (χ2v) is 6.92. The standard InChI is InChI=1S/C17H23N5O2S/c1-25-16-4-2-3-13(11-16)18-17(24)21-8-5-15(6-9-21)22-12-14(7-10-23)19-20-22/h2-4,11-12,15,23H,5-10H2,1H3,(H,18,24). The van der Waals surface area contributed by atoms with Gasteiger partial charge in [-0.3, -0.25) is 0 Å². The first-order valence-electron chi connectivity index (χ1n) is 8.41. The molecular weight excluding hydrogens is 338 g/mol. The third-order valence-electron chi connectivity index (χ3n) is 4.37. The summed E-state index contributed by atoms with van der Waals surface area (Å²) in [5, 5.41) is 20.1. The van der Waals surface area contributed by atoms with Crippen LogP contribution in [0.4, 0.5) is 10.5 Å². The minimum Gasteiger partial charge on any atom is -0.396 e. The minimum atomic E-state index is -0.0590. The molecule has 3 rings (SSSR count). The van der Waals surface area contributed by atoms with E-state index in [4.69, 9.17) is 5.11 Å². The molecule has 1 aliphatic heterocycles. The maximum absolute atomic E-state index is 12.4. The molecule has 134 valence electrons.